The second kappa shape index (κ2) is 6.42. The Morgan fingerprint density at radius 1 is 1.21 bits per heavy atom. The molecule has 0 saturated heterocycles. The number of hydrogen-bond donors (Lipinski definition) is 1. The van der Waals surface area contributed by atoms with Gasteiger partial charge in [-0.1, -0.05) is 38.3 Å². The number of likely N-dealkylation sites (N-methyl/N-ethyl adjacent to an activating group) is 1. The van der Waals surface area contributed by atoms with Gasteiger partial charge in [-0.05, 0) is 49.9 Å². The topological polar surface area (TPSA) is 21.3 Å². The predicted octanol–water partition coefficient (Wildman–Crippen LogP) is 3.72. The molecule has 0 atom stereocenters. The Labute approximate surface area is 117 Å². The van der Waals surface area contributed by atoms with E-state index in [1.165, 1.54) is 43.2 Å². The molecular formula is C17H27NO. The number of nitrogens with one attached hydrogen (secondary N) is 1. The largest absolute Gasteiger partial charge is 0.496 e. The van der Waals surface area contributed by atoms with E-state index < -0.39 is 0 Å². The van der Waals surface area contributed by atoms with Crippen LogP contribution in [-0.4, -0.2) is 19.7 Å². The molecule has 0 unspecified atom stereocenters. The van der Waals surface area contributed by atoms with Gasteiger partial charge in [0.2, 0.25) is 0 Å². The van der Waals surface area contributed by atoms with E-state index in [-0.39, 0.29) is 0 Å². The van der Waals surface area contributed by atoms with Crippen molar-refractivity contribution in [1.29, 1.82) is 0 Å². The van der Waals surface area contributed by atoms with Crippen LogP contribution in [-0.2, 0) is 12.8 Å². The minimum Gasteiger partial charge on any atom is -0.496 e. The minimum absolute atomic E-state index is 0.317. The molecule has 1 N–H and O–H groups in total. The van der Waals surface area contributed by atoms with Crippen LogP contribution in [0.15, 0.2) is 18.2 Å². The Balaban J connectivity index is 2.17. The molecular weight excluding hydrogens is 234 g/mol. The lowest BCUT2D eigenvalue weighted by atomic mass is 9.77. The molecule has 1 aromatic carbocycles. The molecule has 0 spiro atoms. The Hall–Kier alpha value is -1.02. The van der Waals surface area contributed by atoms with Crippen LogP contribution in [0, 0.1) is 0 Å². The first kappa shape index (κ1) is 14.4. The molecule has 0 aliphatic heterocycles. The molecule has 0 heterocycles. The van der Waals surface area contributed by atoms with Crippen molar-refractivity contribution in [3.05, 3.63) is 29.3 Å². The number of ether oxygens (including phenoxy) is 1. The van der Waals surface area contributed by atoms with Crippen molar-refractivity contribution >= 4 is 0 Å². The second-order valence-electron chi connectivity index (χ2n) is 5.77. The van der Waals surface area contributed by atoms with E-state index in [9.17, 15) is 0 Å². The Morgan fingerprint density at radius 3 is 2.53 bits per heavy atom. The number of rotatable bonds is 5. The first-order chi connectivity index (χ1) is 9.23. The predicted molar refractivity (Wildman–Crippen MR) is 81.0 cm³/mol. The molecule has 1 saturated carbocycles. The molecule has 2 rings (SSSR count). The van der Waals surface area contributed by atoms with Crippen LogP contribution in [0.2, 0.25) is 0 Å². The van der Waals surface area contributed by atoms with Crippen LogP contribution in [0.5, 0.6) is 5.75 Å². The summed E-state index contributed by atoms with van der Waals surface area (Å²) in [6.07, 6.45) is 8.89. The smallest absolute Gasteiger partial charge is 0.122 e. The van der Waals surface area contributed by atoms with Crippen LogP contribution in [0.1, 0.15) is 50.2 Å². The van der Waals surface area contributed by atoms with Gasteiger partial charge >= 0.3 is 0 Å². The average Bonchev–Trinajstić information content (AvgIpc) is 2.48. The quantitative estimate of drug-likeness (QED) is 0.872. The number of methoxy groups -OCH3 is 1. The molecule has 0 aromatic heterocycles. The summed E-state index contributed by atoms with van der Waals surface area (Å²) in [5, 5.41) is 3.60. The first-order valence-corrected chi connectivity index (χ1v) is 7.58. The summed E-state index contributed by atoms with van der Waals surface area (Å²) in [7, 11) is 3.87. The maximum atomic E-state index is 5.42. The lowest BCUT2D eigenvalue weighted by Gasteiger charge is -2.37. The standard InChI is InChI=1S/C17H27NO/c1-4-15-12-14(8-9-16(15)19-3)13-17(18-2)10-6-5-7-11-17/h8-9,12,18H,4-7,10-11,13H2,1-3H3. The zero-order valence-electron chi connectivity index (χ0n) is 12.6. The average molecular weight is 261 g/mol. The molecule has 106 valence electrons. The maximum absolute atomic E-state index is 5.42. The summed E-state index contributed by atoms with van der Waals surface area (Å²) in [4.78, 5) is 0. The first-order valence-electron chi connectivity index (χ1n) is 7.58. The van der Waals surface area contributed by atoms with Gasteiger partial charge in [-0.3, -0.25) is 0 Å². The van der Waals surface area contributed by atoms with Crippen LogP contribution >= 0.6 is 0 Å². The molecule has 1 fully saturated rings. The molecule has 0 bridgehead atoms. The second-order valence-corrected chi connectivity index (χ2v) is 5.77. The van der Waals surface area contributed by atoms with Crippen molar-refractivity contribution in [1.82, 2.24) is 5.32 Å². The van der Waals surface area contributed by atoms with Crippen LogP contribution in [0.3, 0.4) is 0 Å². The van der Waals surface area contributed by atoms with Gasteiger partial charge in [0.25, 0.3) is 0 Å². The molecule has 2 heteroatoms. The molecule has 2 nitrogen and oxygen atoms in total. The van der Waals surface area contributed by atoms with Gasteiger partial charge in [-0.15, -0.1) is 0 Å². The molecule has 1 aliphatic carbocycles. The van der Waals surface area contributed by atoms with Crippen LogP contribution < -0.4 is 10.1 Å². The van der Waals surface area contributed by atoms with Crippen molar-refractivity contribution in [2.24, 2.45) is 0 Å². The highest BCUT2D eigenvalue weighted by Gasteiger charge is 2.30. The fraction of sp³-hybridized carbons (Fsp3) is 0.647. The molecule has 1 aromatic rings. The van der Waals surface area contributed by atoms with E-state index in [0.29, 0.717) is 5.54 Å². The van der Waals surface area contributed by atoms with Crippen molar-refractivity contribution in [2.75, 3.05) is 14.2 Å². The van der Waals surface area contributed by atoms with E-state index in [1.54, 1.807) is 7.11 Å². The maximum Gasteiger partial charge on any atom is 0.122 e. The highest BCUT2D eigenvalue weighted by molar-refractivity contribution is 5.38. The third kappa shape index (κ3) is 3.30. The minimum atomic E-state index is 0.317. The zero-order chi connectivity index (χ0) is 13.7. The van der Waals surface area contributed by atoms with Crippen molar-refractivity contribution in [3.8, 4) is 5.75 Å². The van der Waals surface area contributed by atoms with Gasteiger partial charge in [-0.25, -0.2) is 0 Å². The fourth-order valence-corrected chi connectivity index (χ4v) is 3.35. The monoisotopic (exact) mass is 261 g/mol. The van der Waals surface area contributed by atoms with Gasteiger partial charge in [0.1, 0.15) is 5.75 Å². The Morgan fingerprint density at radius 2 is 1.95 bits per heavy atom. The summed E-state index contributed by atoms with van der Waals surface area (Å²) in [5.41, 5.74) is 3.08. The highest BCUT2D eigenvalue weighted by atomic mass is 16.5. The summed E-state index contributed by atoms with van der Waals surface area (Å²) in [6, 6.07) is 6.68. The van der Waals surface area contributed by atoms with E-state index in [2.05, 4.69) is 37.5 Å². The lowest BCUT2D eigenvalue weighted by Crippen LogP contribution is -2.46. The summed E-state index contributed by atoms with van der Waals surface area (Å²) in [5.74, 6) is 1.02. The van der Waals surface area contributed by atoms with Gasteiger partial charge < -0.3 is 10.1 Å². The fourth-order valence-electron chi connectivity index (χ4n) is 3.35. The third-order valence-electron chi connectivity index (χ3n) is 4.61. The number of aryl methyl sites for hydroxylation is 1. The van der Waals surface area contributed by atoms with Gasteiger partial charge in [0.15, 0.2) is 0 Å². The molecule has 0 radical (unpaired) electrons. The number of hydrogen-bond acceptors (Lipinski definition) is 2. The van der Waals surface area contributed by atoms with Crippen molar-refractivity contribution in [3.63, 3.8) is 0 Å². The summed E-state index contributed by atoms with van der Waals surface area (Å²) in [6.45, 7) is 2.19. The molecule has 1 aliphatic rings. The number of benzene rings is 1. The molecule has 0 amide bonds. The lowest BCUT2D eigenvalue weighted by molar-refractivity contribution is 0.244. The van der Waals surface area contributed by atoms with Crippen LogP contribution in [0.4, 0.5) is 0 Å². The zero-order valence-corrected chi connectivity index (χ0v) is 12.6. The van der Waals surface area contributed by atoms with E-state index in [1.807, 2.05) is 0 Å². The van der Waals surface area contributed by atoms with Crippen LogP contribution in [0.25, 0.3) is 0 Å². The van der Waals surface area contributed by atoms with Crippen molar-refractivity contribution in [2.45, 2.75) is 57.4 Å². The van der Waals surface area contributed by atoms with E-state index in [4.69, 9.17) is 4.74 Å². The third-order valence-corrected chi connectivity index (χ3v) is 4.61. The van der Waals surface area contributed by atoms with Gasteiger partial charge in [-0.2, -0.15) is 0 Å². The summed E-state index contributed by atoms with van der Waals surface area (Å²) < 4.78 is 5.42. The van der Waals surface area contributed by atoms with E-state index in [0.717, 1.165) is 18.6 Å². The van der Waals surface area contributed by atoms with E-state index >= 15 is 0 Å². The highest BCUT2D eigenvalue weighted by Crippen LogP contribution is 2.32. The van der Waals surface area contributed by atoms with Gasteiger partial charge in [0.05, 0.1) is 7.11 Å². The van der Waals surface area contributed by atoms with Crippen molar-refractivity contribution < 1.29 is 4.74 Å². The summed E-state index contributed by atoms with van der Waals surface area (Å²) >= 11 is 0. The Bertz CT molecular complexity index is 408. The molecule has 19 heavy (non-hydrogen) atoms. The normalized spacial score (nSPS) is 18.3. The van der Waals surface area contributed by atoms with Gasteiger partial charge in [0, 0.05) is 5.54 Å². The SMILES string of the molecule is CCc1cc(CC2(NC)CCCCC2)ccc1OC. The Kier molecular flexibility index (Phi) is 4.87.